The first kappa shape index (κ1) is 11.4. The van der Waals surface area contributed by atoms with Crippen LogP contribution in [-0.4, -0.2) is 32.6 Å². The van der Waals surface area contributed by atoms with E-state index in [9.17, 15) is 0 Å². The van der Waals surface area contributed by atoms with Crippen molar-refractivity contribution >= 4 is 11.8 Å². The van der Waals surface area contributed by atoms with Gasteiger partial charge in [0.2, 0.25) is 5.16 Å². The zero-order chi connectivity index (χ0) is 10.6. The Morgan fingerprint density at radius 2 is 2.00 bits per heavy atom. The van der Waals surface area contributed by atoms with Gasteiger partial charge in [0, 0.05) is 12.4 Å². The molecule has 4 nitrogen and oxygen atoms in total. The van der Waals surface area contributed by atoms with Gasteiger partial charge in [0.1, 0.15) is 0 Å². The van der Waals surface area contributed by atoms with Crippen LogP contribution in [0.1, 0.15) is 18.3 Å². The summed E-state index contributed by atoms with van der Waals surface area (Å²) in [5.41, 5.74) is 1.78. The lowest BCUT2D eigenvalue weighted by Crippen LogP contribution is -2.05. The van der Waals surface area contributed by atoms with E-state index in [4.69, 9.17) is 5.11 Å². The first-order valence-electron chi connectivity index (χ1n) is 4.55. The predicted octanol–water partition coefficient (Wildman–Crippen LogP) is 1.21. The van der Waals surface area contributed by atoms with E-state index in [0.717, 1.165) is 17.1 Å². The molecule has 1 rings (SSSR count). The molecule has 0 spiro atoms. The first-order chi connectivity index (χ1) is 6.63. The van der Waals surface area contributed by atoms with Gasteiger partial charge in [-0.2, -0.15) is 5.10 Å². The van der Waals surface area contributed by atoms with Crippen molar-refractivity contribution in [1.29, 1.82) is 0 Å². The lowest BCUT2D eigenvalue weighted by atomic mass is 10.2. The Balaban J connectivity index is 2.55. The normalized spacial score (nSPS) is 12.9. The summed E-state index contributed by atoms with van der Waals surface area (Å²) >= 11 is 1.53. The highest BCUT2D eigenvalue weighted by molar-refractivity contribution is 7.99. The van der Waals surface area contributed by atoms with Crippen LogP contribution < -0.4 is 0 Å². The largest absolute Gasteiger partial charge is 0.396 e. The average molecular weight is 213 g/mol. The minimum absolute atomic E-state index is 0.200. The predicted molar refractivity (Wildman–Crippen MR) is 56.3 cm³/mol. The van der Waals surface area contributed by atoms with E-state index in [1.165, 1.54) is 11.8 Å². The Hall–Kier alpha value is -0.680. The maximum absolute atomic E-state index is 8.84. The van der Waals surface area contributed by atoms with Crippen molar-refractivity contribution in [3.8, 4) is 0 Å². The van der Waals surface area contributed by atoms with Crippen molar-refractivity contribution in [2.45, 2.75) is 25.9 Å². The molecule has 0 aliphatic rings. The molecule has 0 fully saturated rings. The standard InChI is InChI=1S/C9H15N3OS/c1-6(4-13)5-14-9-10-7(2)8(3)11-12-9/h6,13H,4-5H2,1-3H3. The SMILES string of the molecule is Cc1nnc(SCC(C)CO)nc1C. The number of hydrogen-bond donors (Lipinski definition) is 1. The molecule has 1 heterocycles. The van der Waals surface area contributed by atoms with Crippen molar-refractivity contribution in [3.63, 3.8) is 0 Å². The Bertz CT molecular complexity index is 306. The third kappa shape index (κ3) is 3.23. The zero-order valence-corrected chi connectivity index (χ0v) is 9.51. The van der Waals surface area contributed by atoms with E-state index in [1.807, 2.05) is 20.8 Å². The minimum Gasteiger partial charge on any atom is -0.396 e. The molecule has 0 saturated heterocycles. The van der Waals surface area contributed by atoms with Crippen LogP contribution in [0.2, 0.25) is 0 Å². The van der Waals surface area contributed by atoms with Crippen LogP contribution in [0, 0.1) is 19.8 Å². The fourth-order valence-corrected chi connectivity index (χ4v) is 1.61. The summed E-state index contributed by atoms with van der Waals surface area (Å²) in [5, 5.41) is 17.5. The summed E-state index contributed by atoms with van der Waals surface area (Å²) in [4.78, 5) is 4.29. The molecule has 0 saturated carbocycles. The molecule has 0 radical (unpaired) electrons. The number of rotatable bonds is 4. The van der Waals surface area contributed by atoms with Crippen LogP contribution in [0.15, 0.2) is 5.16 Å². The molecule has 78 valence electrons. The van der Waals surface area contributed by atoms with Gasteiger partial charge >= 0.3 is 0 Å². The molecule has 1 N–H and O–H groups in total. The van der Waals surface area contributed by atoms with E-state index < -0.39 is 0 Å². The van der Waals surface area contributed by atoms with E-state index in [0.29, 0.717) is 5.16 Å². The van der Waals surface area contributed by atoms with Crippen molar-refractivity contribution < 1.29 is 5.11 Å². The quantitative estimate of drug-likeness (QED) is 0.762. The average Bonchev–Trinajstić information content (AvgIpc) is 2.19. The molecule has 0 aliphatic heterocycles. The van der Waals surface area contributed by atoms with Gasteiger partial charge in [0.15, 0.2) is 0 Å². The fraction of sp³-hybridized carbons (Fsp3) is 0.667. The molecule has 14 heavy (non-hydrogen) atoms. The summed E-state index contributed by atoms with van der Waals surface area (Å²) in [6.07, 6.45) is 0. The van der Waals surface area contributed by atoms with Crippen LogP contribution in [0.5, 0.6) is 0 Å². The van der Waals surface area contributed by atoms with Crippen LogP contribution in [0.4, 0.5) is 0 Å². The number of thioether (sulfide) groups is 1. The molecular formula is C9H15N3OS. The molecule has 1 aromatic heterocycles. The van der Waals surface area contributed by atoms with Crippen molar-refractivity contribution in [2.24, 2.45) is 5.92 Å². The third-order valence-electron chi connectivity index (χ3n) is 1.88. The monoisotopic (exact) mass is 213 g/mol. The van der Waals surface area contributed by atoms with Crippen LogP contribution >= 0.6 is 11.8 Å². The maximum Gasteiger partial charge on any atom is 0.209 e. The molecule has 0 aromatic carbocycles. The van der Waals surface area contributed by atoms with Gasteiger partial charge in [-0.3, -0.25) is 0 Å². The first-order valence-corrected chi connectivity index (χ1v) is 5.53. The highest BCUT2D eigenvalue weighted by Crippen LogP contribution is 2.16. The number of aliphatic hydroxyl groups is 1. The minimum atomic E-state index is 0.200. The van der Waals surface area contributed by atoms with E-state index in [-0.39, 0.29) is 12.5 Å². The molecule has 0 amide bonds. The second-order valence-corrected chi connectivity index (χ2v) is 4.35. The summed E-state index contributed by atoms with van der Waals surface area (Å²) in [7, 11) is 0. The molecule has 1 unspecified atom stereocenters. The van der Waals surface area contributed by atoms with E-state index in [2.05, 4.69) is 15.2 Å². The van der Waals surface area contributed by atoms with Gasteiger partial charge in [-0.1, -0.05) is 18.7 Å². The molecule has 1 aromatic rings. The lowest BCUT2D eigenvalue weighted by molar-refractivity contribution is 0.250. The number of aromatic nitrogens is 3. The summed E-state index contributed by atoms with van der Waals surface area (Å²) < 4.78 is 0. The Morgan fingerprint density at radius 3 is 2.57 bits per heavy atom. The van der Waals surface area contributed by atoms with E-state index in [1.54, 1.807) is 0 Å². The molecule has 0 aliphatic carbocycles. The summed E-state index contributed by atoms with van der Waals surface area (Å²) in [5.74, 6) is 1.09. The van der Waals surface area contributed by atoms with Crippen LogP contribution in [0.3, 0.4) is 0 Å². The van der Waals surface area contributed by atoms with Crippen LogP contribution in [0.25, 0.3) is 0 Å². The molecule has 1 atom stereocenters. The number of aryl methyl sites for hydroxylation is 2. The topological polar surface area (TPSA) is 58.9 Å². The fourth-order valence-electron chi connectivity index (χ4n) is 0.768. The van der Waals surface area contributed by atoms with Gasteiger partial charge in [-0.25, -0.2) is 4.98 Å². The van der Waals surface area contributed by atoms with Crippen molar-refractivity contribution in [2.75, 3.05) is 12.4 Å². The number of hydrogen-bond acceptors (Lipinski definition) is 5. The zero-order valence-electron chi connectivity index (χ0n) is 8.69. The van der Waals surface area contributed by atoms with Crippen molar-refractivity contribution in [3.05, 3.63) is 11.4 Å². The Labute approximate surface area is 88.2 Å². The highest BCUT2D eigenvalue weighted by atomic mass is 32.2. The van der Waals surface area contributed by atoms with Crippen molar-refractivity contribution in [1.82, 2.24) is 15.2 Å². The van der Waals surface area contributed by atoms with Gasteiger partial charge in [-0.05, 0) is 19.8 Å². The van der Waals surface area contributed by atoms with Crippen LogP contribution in [-0.2, 0) is 0 Å². The second kappa shape index (κ2) is 5.26. The summed E-state index contributed by atoms with van der Waals surface area (Å²) in [6, 6.07) is 0. The molecular weight excluding hydrogens is 198 g/mol. The third-order valence-corrected chi connectivity index (χ3v) is 3.05. The number of aliphatic hydroxyl groups excluding tert-OH is 1. The molecule has 5 heteroatoms. The Kier molecular flexibility index (Phi) is 4.28. The summed E-state index contributed by atoms with van der Waals surface area (Å²) in [6.45, 7) is 6.00. The Morgan fingerprint density at radius 1 is 1.29 bits per heavy atom. The molecule has 0 bridgehead atoms. The lowest BCUT2D eigenvalue weighted by Gasteiger charge is -2.06. The number of nitrogens with zero attached hydrogens (tertiary/aromatic N) is 3. The van der Waals surface area contributed by atoms with Gasteiger partial charge in [-0.15, -0.1) is 5.10 Å². The van der Waals surface area contributed by atoms with Gasteiger partial charge in [0.05, 0.1) is 11.4 Å². The highest BCUT2D eigenvalue weighted by Gasteiger charge is 2.05. The second-order valence-electron chi connectivity index (χ2n) is 3.36. The smallest absolute Gasteiger partial charge is 0.209 e. The maximum atomic E-state index is 8.84. The van der Waals surface area contributed by atoms with Gasteiger partial charge < -0.3 is 5.11 Å². The van der Waals surface area contributed by atoms with E-state index >= 15 is 0 Å². The van der Waals surface area contributed by atoms with Gasteiger partial charge in [0.25, 0.3) is 0 Å².